The van der Waals surface area contributed by atoms with Gasteiger partial charge >= 0.3 is 6.03 Å². The number of amides is 2. The zero-order valence-electron chi connectivity index (χ0n) is 13.9. The Balaban J connectivity index is 1.78. The molecule has 22 heavy (non-hydrogen) atoms. The van der Waals surface area contributed by atoms with Crippen LogP contribution in [-0.2, 0) is 17.9 Å². The minimum Gasteiger partial charge on any atom is -0.371 e. The van der Waals surface area contributed by atoms with Gasteiger partial charge in [-0.15, -0.1) is 0 Å². The molecule has 0 atom stereocenters. The summed E-state index contributed by atoms with van der Waals surface area (Å²) in [6, 6.07) is 8.45. The number of hydrogen-bond donors (Lipinski definition) is 2. The summed E-state index contributed by atoms with van der Waals surface area (Å²) in [7, 11) is 0. The number of rotatable bonds is 5. The van der Waals surface area contributed by atoms with E-state index in [1.54, 1.807) is 0 Å². The normalized spacial score (nSPS) is 15.8. The average Bonchev–Trinajstić information content (AvgIpc) is 2.96. The number of nitrogens with one attached hydrogen (secondary N) is 2. The topological polar surface area (TPSA) is 50.4 Å². The van der Waals surface area contributed by atoms with Crippen LogP contribution in [0.4, 0.5) is 4.79 Å². The predicted octanol–water partition coefficient (Wildman–Crippen LogP) is 3.74. The van der Waals surface area contributed by atoms with E-state index >= 15 is 0 Å². The maximum atomic E-state index is 11.9. The van der Waals surface area contributed by atoms with Gasteiger partial charge in [0.25, 0.3) is 0 Å². The smallest absolute Gasteiger partial charge is 0.315 e. The van der Waals surface area contributed by atoms with Crippen LogP contribution in [0.2, 0.25) is 0 Å². The summed E-state index contributed by atoms with van der Waals surface area (Å²) in [4.78, 5) is 11.9. The van der Waals surface area contributed by atoms with Crippen LogP contribution in [0.1, 0.15) is 57.6 Å². The highest BCUT2D eigenvalue weighted by molar-refractivity contribution is 5.74. The molecule has 1 aromatic rings. The highest BCUT2D eigenvalue weighted by Gasteiger charge is 2.16. The van der Waals surface area contributed by atoms with Crippen LogP contribution in [0.3, 0.4) is 0 Å². The van der Waals surface area contributed by atoms with Crippen molar-refractivity contribution in [3.05, 3.63) is 35.4 Å². The van der Waals surface area contributed by atoms with Crippen molar-refractivity contribution < 1.29 is 9.53 Å². The van der Waals surface area contributed by atoms with E-state index in [0.717, 1.165) is 24.0 Å². The molecule has 4 nitrogen and oxygen atoms in total. The van der Waals surface area contributed by atoms with Crippen molar-refractivity contribution in [3.8, 4) is 0 Å². The van der Waals surface area contributed by atoms with E-state index in [1.807, 2.05) is 39.0 Å². The molecule has 1 aromatic carbocycles. The van der Waals surface area contributed by atoms with E-state index in [2.05, 4.69) is 16.7 Å². The molecule has 0 saturated heterocycles. The molecule has 1 aliphatic rings. The molecule has 1 saturated carbocycles. The fourth-order valence-corrected chi connectivity index (χ4v) is 2.62. The van der Waals surface area contributed by atoms with Gasteiger partial charge in [0, 0.05) is 12.6 Å². The van der Waals surface area contributed by atoms with Gasteiger partial charge in [0.15, 0.2) is 0 Å². The highest BCUT2D eigenvalue weighted by atomic mass is 16.5. The van der Waals surface area contributed by atoms with Crippen molar-refractivity contribution in [2.45, 2.75) is 71.2 Å². The van der Waals surface area contributed by atoms with Crippen molar-refractivity contribution in [2.75, 3.05) is 0 Å². The Morgan fingerprint density at radius 1 is 1.23 bits per heavy atom. The monoisotopic (exact) mass is 304 g/mol. The number of carbonyl (C=O) groups excluding carboxylic acids is 1. The first kappa shape index (κ1) is 16.8. The molecule has 122 valence electrons. The Morgan fingerprint density at radius 2 is 1.91 bits per heavy atom. The first-order valence-electron chi connectivity index (χ1n) is 8.18. The molecule has 0 aliphatic heterocycles. The van der Waals surface area contributed by atoms with Crippen molar-refractivity contribution in [1.29, 1.82) is 0 Å². The molecular weight excluding hydrogens is 276 g/mol. The van der Waals surface area contributed by atoms with Crippen LogP contribution in [0.25, 0.3) is 0 Å². The van der Waals surface area contributed by atoms with Gasteiger partial charge < -0.3 is 15.4 Å². The quantitative estimate of drug-likeness (QED) is 0.870. The van der Waals surface area contributed by atoms with Gasteiger partial charge in [-0.3, -0.25) is 0 Å². The molecule has 0 spiro atoms. The van der Waals surface area contributed by atoms with Crippen LogP contribution >= 0.6 is 0 Å². The van der Waals surface area contributed by atoms with E-state index < -0.39 is 0 Å². The Bertz CT molecular complexity index is 488. The third-order valence-corrected chi connectivity index (χ3v) is 3.81. The zero-order valence-corrected chi connectivity index (χ0v) is 13.9. The lowest BCUT2D eigenvalue weighted by Crippen LogP contribution is -2.40. The van der Waals surface area contributed by atoms with Crippen molar-refractivity contribution in [2.24, 2.45) is 0 Å². The van der Waals surface area contributed by atoms with Gasteiger partial charge in [-0.1, -0.05) is 37.1 Å². The molecule has 0 aromatic heterocycles. The summed E-state index contributed by atoms with van der Waals surface area (Å²) in [6.45, 7) is 7.27. The second-order valence-electron chi connectivity index (χ2n) is 7.03. The minimum atomic E-state index is -0.143. The summed E-state index contributed by atoms with van der Waals surface area (Å²) in [5.41, 5.74) is 2.08. The molecule has 1 aliphatic carbocycles. The molecule has 0 unspecified atom stereocenters. The molecule has 0 radical (unpaired) electrons. The molecule has 0 heterocycles. The van der Waals surface area contributed by atoms with E-state index in [9.17, 15) is 4.79 Å². The maximum absolute atomic E-state index is 11.9. The van der Waals surface area contributed by atoms with Crippen molar-refractivity contribution in [1.82, 2.24) is 10.6 Å². The van der Waals surface area contributed by atoms with Crippen LogP contribution in [0.5, 0.6) is 0 Å². The first-order chi connectivity index (χ1) is 10.4. The summed E-state index contributed by atoms with van der Waals surface area (Å²) >= 11 is 0. The second kappa shape index (κ2) is 7.63. The van der Waals surface area contributed by atoms with E-state index in [0.29, 0.717) is 19.2 Å². The predicted molar refractivity (Wildman–Crippen MR) is 88.6 cm³/mol. The van der Waals surface area contributed by atoms with Crippen molar-refractivity contribution >= 4 is 6.03 Å². The van der Waals surface area contributed by atoms with Gasteiger partial charge in [0.05, 0.1) is 12.2 Å². The fraction of sp³-hybridized carbons (Fsp3) is 0.611. The molecule has 4 heteroatoms. The number of urea groups is 1. The molecule has 2 amide bonds. The van der Waals surface area contributed by atoms with Crippen LogP contribution in [0.15, 0.2) is 24.3 Å². The third-order valence-electron chi connectivity index (χ3n) is 3.81. The third kappa shape index (κ3) is 6.06. The van der Waals surface area contributed by atoms with Crippen molar-refractivity contribution in [3.63, 3.8) is 0 Å². The fourth-order valence-electron chi connectivity index (χ4n) is 2.62. The van der Waals surface area contributed by atoms with Gasteiger partial charge in [-0.25, -0.2) is 4.79 Å². The molecular formula is C18H28N2O2. The summed E-state index contributed by atoms with van der Waals surface area (Å²) in [6.07, 6.45) is 4.65. The number of carbonyl (C=O) groups is 1. The Kier molecular flexibility index (Phi) is 5.83. The number of benzene rings is 1. The van der Waals surface area contributed by atoms with E-state index in [4.69, 9.17) is 4.74 Å². The molecule has 1 fully saturated rings. The van der Waals surface area contributed by atoms with Crippen LogP contribution in [0, 0.1) is 0 Å². The molecule has 2 rings (SSSR count). The first-order valence-corrected chi connectivity index (χ1v) is 8.18. The largest absolute Gasteiger partial charge is 0.371 e. The lowest BCUT2D eigenvalue weighted by atomic mass is 10.1. The summed E-state index contributed by atoms with van der Waals surface area (Å²) in [5.74, 6) is 0. The van der Waals surface area contributed by atoms with Crippen LogP contribution in [-0.4, -0.2) is 17.7 Å². The highest BCUT2D eigenvalue weighted by Crippen LogP contribution is 2.17. The lowest BCUT2D eigenvalue weighted by molar-refractivity contribution is -0.0149. The Morgan fingerprint density at radius 3 is 2.59 bits per heavy atom. The number of hydrogen-bond acceptors (Lipinski definition) is 2. The van der Waals surface area contributed by atoms with E-state index in [1.165, 1.54) is 12.8 Å². The van der Waals surface area contributed by atoms with Gasteiger partial charge in [-0.05, 0) is 44.7 Å². The Hall–Kier alpha value is -1.55. The summed E-state index contributed by atoms with van der Waals surface area (Å²) in [5, 5.41) is 5.97. The standard InChI is InChI=1S/C18H28N2O2/c1-18(2,3)22-13-15-8-6-7-14(11-15)12-19-17(21)20-16-9-4-5-10-16/h6-8,11,16H,4-5,9-10,12-13H2,1-3H3,(H2,19,20,21). The number of ether oxygens (including phenoxy) is 1. The SMILES string of the molecule is CC(C)(C)OCc1cccc(CNC(=O)NC2CCCC2)c1. The summed E-state index contributed by atoms with van der Waals surface area (Å²) < 4.78 is 5.78. The van der Waals surface area contributed by atoms with Crippen LogP contribution < -0.4 is 10.6 Å². The zero-order chi connectivity index (χ0) is 16.0. The Labute approximate surface area is 133 Å². The van der Waals surface area contributed by atoms with Gasteiger partial charge in [0.2, 0.25) is 0 Å². The lowest BCUT2D eigenvalue weighted by Gasteiger charge is -2.19. The van der Waals surface area contributed by atoms with Gasteiger partial charge in [-0.2, -0.15) is 0 Å². The minimum absolute atomic E-state index is 0.0664. The maximum Gasteiger partial charge on any atom is 0.315 e. The molecule has 2 N–H and O–H groups in total. The van der Waals surface area contributed by atoms with Gasteiger partial charge in [0.1, 0.15) is 0 Å². The molecule has 0 bridgehead atoms. The second-order valence-corrected chi connectivity index (χ2v) is 7.03. The van der Waals surface area contributed by atoms with E-state index in [-0.39, 0.29) is 11.6 Å². The average molecular weight is 304 g/mol.